The molecule has 0 aliphatic carbocycles. The van der Waals surface area contributed by atoms with Gasteiger partial charge < -0.3 is 16.8 Å². The summed E-state index contributed by atoms with van der Waals surface area (Å²) in [4.78, 5) is 8.19. The zero-order valence-electron chi connectivity index (χ0n) is 14.5. The standard InChI is InChI=1S/C19H20ClN5.ClH/c1-11(2)23-18(21)25-19(22)24-15-8-6-13-4-3-12-5-7-14(20)9-16(12)17(13)10-15;/h3-11H,1-2H3,(H5,21,22,23,24,25);1H. The molecule has 3 rings (SSSR count). The van der Waals surface area contributed by atoms with Crippen LogP contribution in [0.2, 0.25) is 5.02 Å². The summed E-state index contributed by atoms with van der Waals surface area (Å²) in [6.07, 6.45) is 0. The van der Waals surface area contributed by atoms with Gasteiger partial charge in [-0.3, -0.25) is 0 Å². The summed E-state index contributed by atoms with van der Waals surface area (Å²) in [7, 11) is 0. The molecule has 5 nitrogen and oxygen atoms in total. The highest BCUT2D eigenvalue weighted by Gasteiger charge is 2.04. The molecule has 5 N–H and O–H groups in total. The van der Waals surface area contributed by atoms with E-state index in [0.717, 1.165) is 27.2 Å². The van der Waals surface area contributed by atoms with Gasteiger partial charge in [-0.15, -0.1) is 12.4 Å². The molecule has 0 heterocycles. The van der Waals surface area contributed by atoms with E-state index in [-0.39, 0.29) is 30.4 Å². The quantitative estimate of drug-likeness (QED) is 0.342. The number of fused-ring (bicyclic) bond motifs is 3. The second-order valence-corrected chi connectivity index (χ2v) is 6.51. The van der Waals surface area contributed by atoms with Crippen LogP contribution in [0.3, 0.4) is 0 Å². The van der Waals surface area contributed by atoms with E-state index >= 15 is 0 Å². The van der Waals surface area contributed by atoms with E-state index in [9.17, 15) is 0 Å². The average Bonchev–Trinajstić information content (AvgIpc) is 2.53. The molecule has 0 saturated carbocycles. The van der Waals surface area contributed by atoms with Crippen LogP contribution >= 0.6 is 24.0 Å². The number of benzene rings is 3. The number of rotatable bonds is 2. The Kier molecular flexibility index (Phi) is 6.29. The minimum Gasteiger partial charge on any atom is -0.369 e. The van der Waals surface area contributed by atoms with Crippen molar-refractivity contribution in [3.63, 3.8) is 0 Å². The minimum atomic E-state index is 0. The molecule has 0 aliphatic heterocycles. The third-order valence-corrected chi connectivity index (χ3v) is 3.93. The topological polar surface area (TPSA) is 88.8 Å². The number of aliphatic imine (C=N–C) groups is 2. The summed E-state index contributed by atoms with van der Waals surface area (Å²) in [6.45, 7) is 3.84. The Morgan fingerprint density at radius 1 is 0.962 bits per heavy atom. The number of guanidine groups is 2. The van der Waals surface area contributed by atoms with Gasteiger partial charge in [0.2, 0.25) is 11.9 Å². The van der Waals surface area contributed by atoms with E-state index in [0.29, 0.717) is 5.02 Å². The largest absolute Gasteiger partial charge is 0.369 e. The Hall–Kier alpha value is -2.50. The molecule has 0 aliphatic rings. The second kappa shape index (κ2) is 8.25. The number of anilines is 1. The number of hydrogen-bond donors (Lipinski definition) is 3. The summed E-state index contributed by atoms with van der Waals surface area (Å²) < 4.78 is 0. The molecule has 7 heteroatoms. The highest BCUT2D eigenvalue weighted by atomic mass is 35.5. The molecule has 0 unspecified atom stereocenters. The molecule has 0 saturated heterocycles. The molecule has 3 aromatic carbocycles. The van der Waals surface area contributed by atoms with Gasteiger partial charge in [-0.05, 0) is 59.7 Å². The third-order valence-electron chi connectivity index (χ3n) is 3.70. The smallest absolute Gasteiger partial charge is 0.218 e. The summed E-state index contributed by atoms with van der Waals surface area (Å²) in [5.41, 5.74) is 12.5. The fourth-order valence-electron chi connectivity index (χ4n) is 2.69. The first kappa shape index (κ1) is 19.8. The highest BCUT2D eigenvalue weighted by molar-refractivity contribution is 6.31. The van der Waals surface area contributed by atoms with E-state index in [2.05, 4.69) is 27.4 Å². The lowest BCUT2D eigenvalue weighted by Crippen LogP contribution is -2.26. The van der Waals surface area contributed by atoms with Crippen molar-refractivity contribution in [2.24, 2.45) is 21.5 Å². The number of hydrogen-bond acceptors (Lipinski definition) is 1. The van der Waals surface area contributed by atoms with Crippen molar-refractivity contribution in [2.75, 3.05) is 5.32 Å². The third kappa shape index (κ3) is 4.56. The van der Waals surface area contributed by atoms with Crippen LogP contribution in [0.15, 0.2) is 58.5 Å². The van der Waals surface area contributed by atoms with Gasteiger partial charge in [-0.2, -0.15) is 4.99 Å². The fraction of sp³-hybridized carbons (Fsp3) is 0.158. The van der Waals surface area contributed by atoms with Gasteiger partial charge in [0.25, 0.3) is 0 Å². The number of halogens is 2. The lowest BCUT2D eigenvalue weighted by Gasteiger charge is -2.09. The van der Waals surface area contributed by atoms with Crippen molar-refractivity contribution in [1.29, 1.82) is 0 Å². The monoisotopic (exact) mass is 389 g/mol. The molecule has 0 radical (unpaired) electrons. The van der Waals surface area contributed by atoms with Crippen LogP contribution in [0.25, 0.3) is 21.5 Å². The Morgan fingerprint density at radius 3 is 2.19 bits per heavy atom. The Morgan fingerprint density at radius 2 is 1.54 bits per heavy atom. The van der Waals surface area contributed by atoms with Gasteiger partial charge in [0, 0.05) is 16.8 Å². The lowest BCUT2D eigenvalue weighted by atomic mass is 10.0. The van der Waals surface area contributed by atoms with Crippen LogP contribution in [0.1, 0.15) is 13.8 Å². The summed E-state index contributed by atoms with van der Waals surface area (Å²) in [6, 6.07) is 16.1. The number of nitrogens with one attached hydrogen (secondary N) is 1. The maximum atomic E-state index is 6.16. The van der Waals surface area contributed by atoms with Crippen molar-refractivity contribution in [1.82, 2.24) is 0 Å². The van der Waals surface area contributed by atoms with Crippen molar-refractivity contribution in [3.8, 4) is 0 Å². The first-order chi connectivity index (χ1) is 11.9. The molecule has 26 heavy (non-hydrogen) atoms. The predicted molar refractivity (Wildman–Crippen MR) is 116 cm³/mol. The zero-order chi connectivity index (χ0) is 18.0. The molecular formula is C19H21Cl2N5. The van der Waals surface area contributed by atoms with E-state index in [1.54, 1.807) is 0 Å². The van der Waals surface area contributed by atoms with Crippen LogP contribution in [0.4, 0.5) is 5.69 Å². The van der Waals surface area contributed by atoms with Gasteiger partial charge in [-0.25, -0.2) is 4.99 Å². The maximum Gasteiger partial charge on any atom is 0.218 e. The van der Waals surface area contributed by atoms with Crippen LogP contribution < -0.4 is 16.8 Å². The van der Waals surface area contributed by atoms with Crippen molar-refractivity contribution < 1.29 is 0 Å². The SMILES string of the molecule is CC(C)N=C(N)/N=C(\N)Nc1ccc2ccc3ccc(Cl)cc3c2c1.Cl. The van der Waals surface area contributed by atoms with Gasteiger partial charge in [-0.1, -0.05) is 35.9 Å². The molecule has 0 aromatic heterocycles. The summed E-state index contributed by atoms with van der Waals surface area (Å²) >= 11 is 6.16. The van der Waals surface area contributed by atoms with Gasteiger partial charge in [0.1, 0.15) is 0 Å². The normalized spacial score (nSPS) is 12.5. The molecule has 0 bridgehead atoms. The van der Waals surface area contributed by atoms with Gasteiger partial charge in [0.05, 0.1) is 0 Å². The first-order valence-corrected chi connectivity index (χ1v) is 8.36. The Bertz CT molecular complexity index is 996. The Balaban J connectivity index is 0.00000243. The van der Waals surface area contributed by atoms with Crippen LogP contribution in [0.5, 0.6) is 0 Å². The fourth-order valence-corrected chi connectivity index (χ4v) is 2.86. The van der Waals surface area contributed by atoms with Gasteiger partial charge in [0.15, 0.2) is 0 Å². The van der Waals surface area contributed by atoms with E-state index in [4.69, 9.17) is 23.1 Å². The van der Waals surface area contributed by atoms with Crippen molar-refractivity contribution in [3.05, 3.63) is 53.6 Å². The molecule has 136 valence electrons. The molecule has 0 fully saturated rings. The predicted octanol–water partition coefficient (Wildman–Crippen LogP) is 4.52. The molecule has 0 amide bonds. The molecule has 3 aromatic rings. The lowest BCUT2D eigenvalue weighted by molar-refractivity contribution is 0.831. The average molecular weight is 390 g/mol. The highest BCUT2D eigenvalue weighted by Crippen LogP contribution is 2.29. The summed E-state index contributed by atoms with van der Waals surface area (Å²) in [5.74, 6) is 0.345. The number of nitrogens with zero attached hydrogens (tertiary/aromatic N) is 2. The maximum absolute atomic E-state index is 6.16. The summed E-state index contributed by atoms with van der Waals surface area (Å²) in [5, 5.41) is 8.18. The number of nitrogens with two attached hydrogens (primary N) is 2. The van der Waals surface area contributed by atoms with Crippen LogP contribution in [-0.2, 0) is 0 Å². The Labute approximate surface area is 163 Å². The first-order valence-electron chi connectivity index (χ1n) is 7.99. The minimum absolute atomic E-state index is 0. The zero-order valence-corrected chi connectivity index (χ0v) is 16.1. The molecular weight excluding hydrogens is 369 g/mol. The molecule has 0 spiro atoms. The van der Waals surface area contributed by atoms with E-state index < -0.39 is 0 Å². The van der Waals surface area contributed by atoms with E-state index in [1.165, 1.54) is 0 Å². The van der Waals surface area contributed by atoms with Gasteiger partial charge >= 0.3 is 0 Å². The van der Waals surface area contributed by atoms with Crippen molar-refractivity contribution in [2.45, 2.75) is 19.9 Å². The van der Waals surface area contributed by atoms with Crippen LogP contribution in [0, 0.1) is 0 Å². The molecule has 0 atom stereocenters. The second-order valence-electron chi connectivity index (χ2n) is 6.07. The van der Waals surface area contributed by atoms with E-state index in [1.807, 2.05) is 50.2 Å². The van der Waals surface area contributed by atoms with Crippen molar-refractivity contribution >= 4 is 63.2 Å². The van der Waals surface area contributed by atoms with Crippen LogP contribution in [-0.4, -0.2) is 18.0 Å².